The van der Waals surface area contributed by atoms with Gasteiger partial charge in [-0.2, -0.15) is 10.5 Å². The Balaban J connectivity index is 2.15. The maximum atomic E-state index is 12.0. The van der Waals surface area contributed by atoms with Gasteiger partial charge in [-0.1, -0.05) is 0 Å². The van der Waals surface area contributed by atoms with Crippen molar-refractivity contribution in [1.82, 2.24) is 9.13 Å². The van der Waals surface area contributed by atoms with Gasteiger partial charge in [-0.15, -0.1) is 0 Å². The monoisotopic (exact) mass is 354 g/mol. The number of rotatable bonds is 5. The summed E-state index contributed by atoms with van der Waals surface area (Å²) < 4.78 is 2.20. The van der Waals surface area contributed by atoms with Crippen molar-refractivity contribution < 1.29 is 10.2 Å². The number of nitriles is 2. The van der Waals surface area contributed by atoms with Crippen LogP contribution in [0.3, 0.4) is 0 Å². The molecule has 134 valence electrons. The van der Waals surface area contributed by atoms with Gasteiger partial charge in [-0.05, 0) is 37.8 Å². The van der Waals surface area contributed by atoms with Crippen LogP contribution in [0, 0.1) is 36.5 Å². The molecule has 2 rings (SSSR count). The van der Waals surface area contributed by atoms with Gasteiger partial charge in [-0.3, -0.25) is 18.7 Å². The lowest BCUT2D eigenvalue weighted by molar-refractivity contribution is 0.381. The lowest BCUT2D eigenvalue weighted by atomic mass is 10.1. The molecule has 0 aliphatic carbocycles. The van der Waals surface area contributed by atoms with Crippen molar-refractivity contribution in [3.8, 4) is 23.9 Å². The van der Waals surface area contributed by atoms with Gasteiger partial charge in [0, 0.05) is 25.2 Å². The lowest BCUT2D eigenvalue weighted by Crippen LogP contribution is -2.23. The van der Waals surface area contributed by atoms with Gasteiger partial charge >= 0.3 is 0 Å². The van der Waals surface area contributed by atoms with E-state index >= 15 is 0 Å². The second-order valence-electron chi connectivity index (χ2n) is 5.96. The largest absolute Gasteiger partial charge is 0.493 e. The molecule has 0 aliphatic heterocycles. The Morgan fingerprint density at radius 2 is 1.19 bits per heavy atom. The Kier molecular flexibility index (Phi) is 5.48. The SMILES string of the molecule is Cc1cc(=O)n(CCCCn2c(O)c(C#N)c(C)cc2=O)c(O)c1C#N. The highest BCUT2D eigenvalue weighted by Gasteiger charge is 2.14. The van der Waals surface area contributed by atoms with Crippen LogP contribution in [-0.4, -0.2) is 19.3 Å². The number of aromatic hydroxyl groups is 2. The van der Waals surface area contributed by atoms with Crippen molar-refractivity contribution in [1.29, 1.82) is 10.5 Å². The van der Waals surface area contributed by atoms with E-state index in [4.69, 9.17) is 10.5 Å². The van der Waals surface area contributed by atoms with E-state index < -0.39 is 11.1 Å². The molecule has 8 nitrogen and oxygen atoms in total. The highest BCUT2D eigenvalue weighted by atomic mass is 16.3. The highest BCUT2D eigenvalue weighted by molar-refractivity contribution is 5.44. The average molecular weight is 354 g/mol. The predicted molar refractivity (Wildman–Crippen MR) is 92.9 cm³/mol. The Hall–Kier alpha value is -3.52. The number of pyridine rings is 2. The first-order chi connectivity index (χ1) is 12.3. The maximum Gasteiger partial charge on any atom is 0.253 e. The number of unbranched alkanes of at least 4 members (excludes halogenated alkanes) is 1. The van der Waals surface area contributed by atoms with Gasteiger partial charge in [0.05, 0.1) is 0 Å². The second-order valence-corrected chi connectivity index (χ2v) is 5.96. The Morgan fingerprint density at radius 3 is 1.50 bits per heavy atom. The van der Waals surface area contributed by atoms with E-state index in [1.54, 1.807) is 13.8 Å². The van der Waals surface area contributed by atoms with E-state index in [-0.39, 0.29) is 36.0 Å². The van der Waals surface area contributed by atoms with Crippen LogP contribution >= 0.6 is 0 Å². The van der Waals surface area contributed by atoms with Crippen molar-refractivity contribution in [3.05, 3.63) is 55.1 Å². The summed E-state index contributed by atoms with van der Waals surface area (Å²) in [5.41, 5.74) is 0.0892. The molecule has 0 saturated carbocycles. The molecule has 0 atom stereocenters. The molecule has 0 radical (unpaired) electrons. The zero-order valence-electron chi connectivity index (χ0n) is 14.5. The molecule has 2 aromatic rings. The molecule has 0 fully saturated rings. The van der Waals surface area contributed by atoms with Crippen LogP contribution in [0.1, 0.15) is 35.1 Å². The summed E-state index contributed by atoms with van der Waals surface area (Å²) in [4.78, 5) is 24.0. The molecular formula is C18H18N4O4. The maximum absolute atomic E-state index is 12.0. The van der Waals surface area contributed by atoms with E-state index in [9.17, 15) is 19.8 Å². The average Bonchev–Trinajstić information content (AvgIpc) is 2.56. The predicted octanol–water partition coefficient (Wildman–Crippen LogP) is 1.26. The molecule has 0 aromatic carbocycles. The first-order valence-electron chi connectivity index (χ1n) is 7.98. The Morgan fingerprint density at radius 1 is 0.846 bits per heavy atom. The van der Waals surface area contributed by atoms with Gasteiger partial charge < -0.3 is 10.2 Å². The van der Waals surface area contributed by atoms with E-state index in [0.29, 0.717) is 24.0 Å². The van der Waals surface area contributed by atoms with Gasteiger partial charge in [0.15, 0.2) is 0 Å². The minimum atomic E-state index is -0.416. The number of nitrogens with zero attached hydrogens (tertiary/aromatic N) is 4. The van der Waals surface area contributed by atoms with Gasteiger partial charge in [0.25, 0.3) is 11.1 Å². The summed E-state index contributed by atoms with van der Waals surface area (Å²) in [6.07, 6.45) is 0.839. The number of aryl methyl sites for hydroxylation is 2. The number of hydrogen-bond donors (Lipinski definition) is 2. The Labute approximate surface area is 149 Å². The first kappa shape index (κ1) is 18.8. The van der Waals surface area contributed by atoms with Crippen LogP contribution in [0.4, 0.5) is 0 Å². The fourth-order valence-electron chi connectivity index (χ4n) is 2.75. The van der Waals surface area contributed by atoms with Crippen molar-refractivity contribution in [2.45, 2.75) is 39.8 Å². The lowest BCUT2D eigenvalue weighted by Gasteiger charge is -2.13. The molecule has 0 amide bonds. The zero-order valence-corrected chi connectivity index (χ0v) is 14.5. The van der Waals surface area contributed by atoms with E-state index in [1.165, 1.54) is 12.1 Å². The summed E-state index contributed by atoms with van der Waals surface area (Å²) in [5.74, 6) is -0.751. The van der Waals surface area contributed by atoms with Crippen LogP contribution in [0.25, 0.3) is 0 Å². The van der Waals surface area contributed by atoms with E-state index in [0.717, 1.165) is 9.13 Å². The Bertz CT molecular complexity index is 966. The first-order valence-corrected chi connectivity index (χ1v) is 7.98. The quantitative estimate of drug-likeness (QED) is 0.777. The minimum Gasteiger partial charge on any atom is -0.493 e. The van der Waals surface area contributed by atoms with Gasteiger partial charge in [-0.25, -0.2) is 0 Å². The van der Waals surface area contributed by atoms with Crippen LogP contribution in [0.15, 0.2) is 21.7 Å². The van der Waals surface area contributed by atoms with Crippen molar-refractivity contribution in [3.63, 3.8) is 0 Å². The molecule has 26 heavy (non-hydrogen) atoms. The molecule has 0 spiro atoms. The van der Waals surface area contributed by atoms with Crippen molar-refractivity contribution >= 4 is 0 Å². The van der Waals surface area contributed by atoms with Crippen LogP contribution < -0.4 is 11.1 Å². The third-order valence-corrected chi connectivity index (χ3v) is 4.20. The summed E-state index contributed by atoms with van der Waals surface area (Å²) >= 11 is 0. The standard InChI is InChI=1S/C18H18N4O4/c1-11-7-15(23)21(17(25)13(11)9-19)5-3-4-6-22-16(24)8-12(2)14(10-20)18(22)26/h7-8,25-26H,3-6H2,1-2H3. The van der Waals surface area contributed by atoms with Gasteiger partial charge in [0.1, 0.15) is 23.3 Å². The van der Waals surface area contributed by atoms with Crippen molar-refractivity contribution in [2.24, 2.45) is 0 Å². The molecule has 0 saturated heterocycles. The van der Waals surface area contributed by atoms with E-state index in [2.05, 4.69) is 0 Å². The fourth-order valence-corrected chi connectivity index (χ4v) is 2.75. The topological polar surface area (TPSA) is 132 Å². The summed E-state index contributed by atoms with van der Waals surface area (Å²) in [5, 5.41) is 38.2. The van der Waals surface area contributed by atoms with Crippen molar-refractivity contribution in [2.75, 3.05) is 0 Å². The molecule has 8 heteroatoms. The third-order valence-electron chi connectivity index (χ3n) is 4.20. The minimum absolute atomic E-state index is 0.0515. The summed E-state index contributed by atoms with van der Waals surface area (Å²) in [6, 6.07) is 6.29. The molecule has 0 bridgehead atoms. The number of aromatic nitrogens is 2. The summed E-state index contributed by atoms with van der Waals surface area (Å²) in [6.45, 7) is 3.46. The zero-order chi connectivity index (χ0) is 19.4. The van der Waals surface area contributed by atoms with E-state index in [1.807, 2.05) is 12.1 Å². The molecule has 0 aliphatic rings. The normalized spacial score (nSPS) is 10.3. The second kappa shape index (κ2) is 7.58. The van der Waals surface area contributed by atoms with Crippen LogP contribution in [-0.2, 0) is 13.1 Å². The molecular weight excluding hydrogens is 336 g/mol. The number of hydrogen-bond acceptors (Lipinski definition) is 6. The third kappa shape index (κ3) is 3.45. The molecule has 0 unspecified atom stereocenters. The van der Waals surface area contributed by atoms with Crippen LogP contribution in [0.2, 0.25) is 0 Å². The smallest absolute Gasteiger partial charge is 0.253 e. The highest BCUT2D eigenvalue weighted by Crippen LogP contribution is 2.19. The fraction of sp³-hybridized carbons (Fsp3) is 0.333. The summed E-state index contributed by atoms with van der Waals surface area (Å²) in [7, 11) is 0. The molecule has 2 heterocycles. The molecule has 2 aromatic heterocycles. The molecule has 2 N–H and O–H groups in total. The van der Waals surface area contributed by atoms with Gasteiger partial charge in [0.2, 0.25) is 11.8 Å². The van der Waals surface area contributed by atoms with Crippen LogP contribution in [0.5, 0.6) is 11.8 Å².